The van der Waals surface area contributed by atoms with E-state index < -0.39 is 0 Å². The van der Waals surface area contributed by atoms with Crippen LogP contribution in [0.5, 0.6) is 0 Å². The van der Waals surface area contributed by atoms with Crippen molar-refractivity contribution in [1.29, 1.82) is 0 Å². The molecule has 0 aliphatic heterocycles. The molecule has 1 aromatic carbocycles. The van der Waals surface area contributed by atoms with Crippen LogP contribution in [-0.4, -0.2) is 27.4 Å². The minimum atomic E-state index is 0.754. The molecule has 0 saturated heterocycles. The van der Waals surface area contributed by atoms with Gasteiger partial charge >= 0.3 is 0 Å². The summed E-state index contributed by atoms with van der Waals surface area (Å²) in [6.07, 6.45) is 1.86. The first kappa shape index (κ1) is 12.2. The van der Waals surface area contributed by atoms with Gasteiger partial charge in [0.15, 0.2) is 0 Å². The average molecular weight is 207 g/mol. The minimum Gasteiger partial charge on any atom is -0.384 e. The summed E-state index contributed by atoms with van der Waals surface area (Å²) in [6.45, 7) is 3.62. The smallest absolute Gasteiger partial charge is 0.0502 e. The molecule has 0 aromatic heterocycles. The number of ether oxygens (including phenoxy) is 2. The van der Waals surface area contributed by atoms with E-state index in [2.05, 4.69) is 25.1 Å². The third kappa shape index (κ3) is 4.45. The third-order valence-corrected chi connectivity index (χ3v) is 2.28. The molecule has 0 aliphatic carbocycles. The van der Waals surface area contributed by atoms with Gasteiger partial charge in [0.25, 0.3) is 0 Å². The Bertz CT molecular complexity index is 268. The van der Waals surface area contributed by atoms with Crippen molar-refractivity contribution in [2.45, 2.75) is 19.8 Å². The van der Waals surface area contributed by atoms with Crippen LogP contribution in [0.4, 0.5) is 0 Å². The zero-order valence-electron chi connectivity index (χ0n) is 9.80. The fraction of sp³-hybridized carbons (Fsp3) is 0.538. The number of aryl methyl sites for hydroxylation is 1. The van der Waals surface area contributed by atoms with Crippen molar-refractivity contribution in [3.8, 4) is 0 Å². The van der Waals surface area contributed by atoms with E-state index in [1.54, 1.807) is 14.2 Å². The Morgan fingerprint density at radius 1 is 1.00 bits per heavy atom. The largest absolute Gasteiger partial charge is 0.384 e. The topological polar surface area (TPSA) is 18.5 Å². The second-order valence-electron chi connectivity index (χ2n) is 3.69. The van der Waals surface area contributed by atoms with Crippen LogP contribution < -0.4 is 0 Å². The van der Waals surface area contributed by atoms with Gasteiger partial charge in [-0.1, -0.05) is 17.7 Å². The lowest BCUT2D eigenvalue weighted by Crippen LogP contribution is -2.00. The molecule has 1 rings (SSSR count). The molecular formula is C13H19O2. The highest BCUT2D eigenvalue weighted by Crippen LogP contribution is 2.10. The fourth-order valence-electron chi connectivity index (χ4n) is 1.56. The number of hydrogen-bond acceptors (Lipinski definition) is 2. The summed E-state index contributed by atoms with van der Waals surface area (Å²) >= 11 is 0. The van der Waals surface area contributed by atoms with Gasteiger partial charge in [0.2, 0.25) is 0 Å². The van der Waals surface area contributed by atoms with E-state index in [4.69, 9.17) is 9.47 Å². The lowest BCUT2D eigenvalue weighted by molar-refractivity contribution is 0.201. The fourth-order valence-corrected chi connectivity index (χ4v) is 1.56. The molecule has 0 spiro atoms. The SMILES string of the molecule is COCCc1[c]c(CCOC)cc(C)c1. The Labute approximate surface area is 92.2 Å². The summed E-state index contributed by atoms with van der Waals surface area (Å²) in [5, 5.41) is 0. The van der Waals surface area contributed by atoms with Crippen LogP contribution in [0.25, 0.3) is 0 Å². The van der Waals surface area contributed by atoms with Gasteiger partial charge in [-0.15, -0.1) is 0 Å². The maximum Gasteiger partial charge on any atom is 0.0502 e. The number of rotatable bonds is 6. The van der Waals surface area contributed by atoms with Gasteiger partial charge in [0.1, 0.15) is 0 Å². The van der Waals surface area contributed by atoms with E-state index in [9.17, 15) is 0 Å². The van der Waals surface area contributed by atoms with Gasteiger partial charge in [-0.2, -0.15) is 0 Å². The standard InChI is InChI=1S/C13H19O2/c1-11-8-12(4-6-14-2)10-13(9-11)5-7-15-3/h8-9H,4-7H2,1-3H3. The van der Waals surface area contributed by atoms with Crippen LogP contribution in [0.3, 0.4) is 0 Å². The molecule has 15 heavy (non-hydrogen) atoms. The maximum atomic E-state index is 5.06. The Morgan fingerprint density at radius 2 is 1.47 bits per heavy atom. The van der Waals surface area contributed by atoms with E-state index >= 15 is 0 Å². The third-order valence-electron chi connectivity index (χ3n) is 2.28. The molecule has 2 heteroatoms. The van der Waals surface area contributed by atoms with Gasteiger partial charge in [0.05, 0.1) is 13.2 Å². The summed E-state index contributed by atoms with van der Waals surface area (Å²) in [6, 6.07) is 7.72. The first-order chi connectivity index (χ1) is 7.26. The number of methoxy groups -OCH3 is 2. The Morgan fingerprint density at radius 3 is 1.87 bits per heavy atom. The van der Waals surface area contributed by atoms with Crippen molar-refractivity contribution in [1.82, 2.24) is 0 Å². The quantitative estimate of drug-likeness (QED) is 0.711. The van der Waals surface area contributed by atoms with Crippen molar-refractivity contribution >= 4 is 0 Å². The summed E-state index contributed by atoms with van der Waals surface area (Å²) in [7, 11) is 3.45. The maximum absolute atomic E-state index is 5.06. The van der Waals surface area contributed by atoms with Gasteiger partial charge in [0, 0.05) is 14.2 Å². The second-order valence-corrected chi connectivity index (χ2v) is 3.69. The molecule has 0 heterocycles. The van der Waals surface area contributed by atoms with E-state index in [0.717, 1.165) is 26.1 Å². The predicted octanol–water partition coefficient (Wildman–Crippen LogP) is 2.17. The van der Waals surface area contributed by atoms with Crippen molar-refractivity contribution in [3.63, 3.8) is 0 Å². The number of hydrogen-bond donors (Lipinski definition) is 0. The molecule has 1 radical (unpaired) electrons. The molecule has 0 aliphatic rings. The van der Waals surface area contributed by atoms with Gasteiger partial charge < -0.3 is 9.47 Å². The summed E-state index contributed by atoms with van der Waals surface area (Å²) in [4.78, 5) is 0. The highest BCUT2D eigenvalue weighted by atomic mass is 16.5. The molecule has 1 aromatic rings. The van der Waals surface area contributed by atoms with E-state index in [0.29, 0.717) is 0 Å². The molecule has 2 nitrogen and oxygen atoms in total. The normalized spacial score (nSPS) is 10.6. The van der Waals surface area contributed by atoms with Crippen LogP contribution in [0.1, 0.15) is 16.7 Å². The first-order valence-electron chi connectivity index (χ1n) is 5.26. The molecule has 0 atom stereocenters. The van der Waals surface area contributed by atoms with Gasteiger partial charge in [-0.25, -0.2) is 0 Å². The Kier molecular flexibility index (Phi) is 5.37. The van der Waals surface area contributed by atoms with Crippen LogP contribution in [-0.2, 0) is 22.3 Å². The summed E-state index contributed by atoms with van der Waals surface area (Å²) < 4.78 is 10.1. The van der Waals surface area contributed by atoms with Crippen molar-refractivity contribution < 1.29 is 9.47 Å². The van der Waals surface area contributed by atoms with Crippen LogP contribution >= 0.6 is 0 Å². The zero-order chi connectivity index (χ0) is 11.1. The van der Waals surface area contributed by atoms with Crippen molar-refractivity contribution in [2.75, 3.05) is 27.4 Å². The summed E-state index contributed by atoms with van der Waals surface area (Å²) in [5.74, 6) is 0. The highest BCUT2D eigenvalue weighted by molar-refractivity contribution is 5.28. The molecule has 0 amide bonds. The van der Waals surface area contributed by atoms with Gasteiger partial charge in [-0.3, -0.25) is 0 Å². The first-order valence-corrected chi connectivity index (χ1v) is 5.26. The molecular weight excluding hydrogens is 188 g/mol. The zero-order valence-corrected chi connectivity index (χ0v) is 9.80. The van der Waals surface area contributed by atoms with Crippen LogP contribution in [0.15, 0.2) is 12.1 Å². The molecule has 0 N–H and O–H groups in total. The van der Waals surface area contributed by atoms with Crippen LogP contribution in [0.2, 0.25) is 0 Å². The predicted molar refractivity (Wildman–Crippen MR) is 61.2 cm³/mol. The average Bonchev–Trinajstić information content (AvgIpc) is 2.23. The molecule has 0 saturated carbocycles. The summed E-state index contributed by atoms with van der Waals surface area (Å²) in [5.41, 5.74) is 3.73. The molecule has 0 fully saturated rings. The van der Waals surface area contributed by atoms with E-state index in [1.807, 2.05) is 0 Å². The van der Waals surface area contributed by atoms with E-state index in [1.165, 1.54) is 16.7 Å². The lowest BCUT2D eigenvalue weighted by Gasteiger charge is -2.06. The van der Waals surface area contributed by atoms with E-state index in [-0.39, 0.29) is 0 Å². The minimum absolute atomic E-state index is 0.754. The van der Waals surface area contributed by atoms with Crippen LogP contribution in [0, 0.1) is 13.0 Å². The van der Waals surface area contributed by atoms with Gasteiger partial charge in [-0.05, 0) is 37.0 Å². The highest BCUT2D eigenvalue weighted by Gasteiger charge is 1.99. The lowest BCUT2D eigenvalue weighted by atomic mass is 10.0. The molecule has 0 unspecified atom stereocenters. The number of benzene rings is 1. The van der Waals surface area contributed by atoms with Crippen molar-refractivity contribution in [2.24, 2.45) is 0 Å². The monoisotopic (exact) mass is 207 g/mol. The van der Waals surface area contributed by atoms with Crippen molar-refractivity contribution in [3.05, 3.63) is 34.9 Å². The molecule has 0 bridgehead atoms. The Hall–Kier alpha value is -0.860. The molecule has 83 valence electrons. The Balaban J connectivity index is 2.66. The second kappa shape index (κ2) is 6.59.